The van der Waals surface area contributed by atoms with Crippen molar-refractivity contribution in [1.29, 1.82) is 0 Å². The van der Waals surface area contributed by atoms with Gasteiger partial charge in [0.25, 0.3) is 7.82 Å². The summed E-state index contributed by atoms with van der Waals surface area (Å²) in [4.78, 5) is 25.6. The minimum atomic E-state index is -4.62. The maximum Gasteiger partial charge on any atom is 0.268 e. The van der Waals surface area contributed by atoms with Crippen LogP contribution in [0.3, 0.4) is 0 Å². The fraction of sp³-hybridized carbons (Fsp3) is 0.753. The summed E-state index contributed by atoms with van der Waals surface area (Å²) in [6, 6.07) is -0.910. The summed E-state index contributed by atoms with van der Waals surface area (Å²) < 4.78 is 23.5. The third kappa shape index (κ3) is 68.6. The number of phosphoric acid groups is 1. The van der Waals surface area contributed by atoms with E-state index in [0.717, 1.165) is 83.5 Å². The molecule has 0 bridgehead atoms. The first kappa shape index (κ1) is 83.2. The molecule has 3 atom stereocenters. The highest BCUT2D eigenvalue weighted by molar-refractivity contribution is 7.45. The number of aliphatic hydroxyl groups is 1. The van der Waals surface area contributed by atoms with Crippen LogP contribution in [0.25, 0.3) is 0 Å². The molecule has 8 nitrogen and oxygen atoms in total. The normalized spacial score (nSPS) is 14.3. The second-order valence-electron chi connectivity index (χ2n) is 25.6. The van der Waals surface area contributed by atoms with E-state index in [9.17, 15) is 19.4 Å². The van der Waals surface area contributed by atoms with Crippen LogP contribution in [-0.2, 0) is 18.4 Å². The Hall–Kier alpha value is -2.84. The number of hydrogen-bond donors (Lipinski definition) is 2. The van der Waals surface area contributed by atoms with Crippen LogP contribution in [-0.4, -0.2) is 68.5 Å². The minimum absolute atomic E-state index is 0.00874. The molecule has 9 heteroatoms. The Morgan fingerprint density at radius 2 is 0.721 bits per heavy atom. The molecule has 0 saturated carbocycles. The summed E-state index contributed by atoms with van der Waals surface area (Å²) in [6.07, 6.45) is 97.9. The molecule has 0 aliphatic carbocycles. The lowest BCUT2D eigenvalue weighted by Gasteiger charge is -2.29. The van der Waals surface area contributed by atoms with Gasteiger partial charge in [-0.2, -0.15) is 0 Å². The molecular formula is C77H139N2O6P. The lowest BCUT2D eigenvalue weighted by Crippen LogP contribution is -2.45. The Kier molecular flexibility index (Phi) is 64.4. The molecule has 0 rings (SSSR count). The largest absolute Gasteiger partial charge is 0.756 e. The van der Waals surface area contributed by atoms with Gasteiger partial charge >= 0.3 is 0 Å². The maximum atomic E-state index is 13.0. The van der Waals surface area contributed by atoms with Crippen LogP contribution in [0.15, 0.2) is 109 Å². The smallest absolute Gasteiger partial charge is 0.268 e. The van der Waals surface area contributed by atoms with Gasteiger partial charge < -0.3 is 28.8 Å². The van der Waals surface area contributed by atoms with Gasteiger partial charge in [-0.15, -0.1) is 0 Å². The van der Waals surface area contributed by atoms with Gasteiger partial charge in [-0.05, 0) is 89.9 Å². The standard InChI is InChI=1S/C77H139N2O6P/c1-6-8-10-12-14-16-18-20-22-24-26-28-30-32-33-34-35-36-37-38-39-40-41-42-43-44-45-47-49-51-53-55-57-59-61-63-65-67-69-71-77(81)78-75(74-85-86(82,83)84-73-72-79(3,4)5)76(80)70-68-66-64-62-60-58-56-54-52-50-48-46-31-29-27-25-23-21-19-17-15-13-11-9-7-2/h8,10,14,16,20,22,26,28,32-33,35-36,38-39,60,62,68,70,75-76,80H,6-7,9,11-13,15,17-19,21,23-25,27,29-31,34,37,40-59,61,63-67,69,71-74H2,1-5H3,(H-,78,81,82,83)/b10-8-,16-14-,22-20-,28-26-,33-32-,36-35-,39-38-,62-60+,70-68+. The number of carbonyl (C=O) groups is 1. The third-order valence-corrected chi connectivity index (χ3v) is 16.9. The number of likely N-dealkylation sites (N-methyl/N-ethyl adjacent to an activating group) is 1. The molecular weight excluding hydrogens is 1080 g/mol. The Bertz CT molecular complexity index is 1770. The molecule has 0 saturated heterocycles. The Labute approximate surface area is 533 Å². The number of nitrogens with zero attached hydrogens (tertiary/aromatic N) is 1. The van der Waals surface area contributed by atoms with Gasteiger partial charge in [0.15, 0.2) is 0 Å². The number of allylic oxidation sites excluding steroid dienone is 17. The molecule has 498 valence electrons. The van der Waals surface area contributed by atoms with Crippen molar-refractivity contribution in [1.82, 2.24) is 5.32 Å². The van der Waals surface area contributed by atoms with E-state index in [-0.39, 0.29) is 12.5 Å². The number of nitrogens with one attached hydrogen (secondary N) is 1. The molecule has 1 amide bonds. The molecule has 0 aromatic heterocycles. The molecule has 2 N–H and O–H groups in total. The van der Waals surface area contributed by atoms with E-state index in [0.29, 0.717) is 17.4 Å². The van der Waals surface area contributed by atoms with E-state index in [4.69, 9.17) is 9.05 Å². The lowest BCUT2D eigenvalue weighted by atomic mass is 10.0. The Balaban J connectivity index is 4.06. The van der Waals surface area contributed by atoms with Crippen molar-refractivity contribution in [3.63, 3.8) is 0 Å². The average Bonchev–Trinajstić information content (AvgIpc) is 3.70. The predicted molar refractivity (Wildman–Crippen MR) is 376 cm³/mol. The second-order valence-corrected chi connectivity index (χ2v) is 27.0. The average molecular weight is 1220 g/mol. The van der Waals surface area contributed by atoms with Gasteiger partial charge in [0.1, 0.15) is 13.2 Å². The topological polar surface area (TPSA) is 108 Å². The van der Waals surface area contributed by atoms with Crippen LogP contribution < -0.4 is 10.2 Å². The highest BCUT2D eigenvalue weighted by atomic mass is 31.2. The third-order valence-electron chi connectivity index (χ3n) is 16.0. The van der Waals surface area contributed by atoms with Gasteiger partial charge in [-0.3, -0.25) is 9.36 Å². The van der Waals surface area contributed by atoms with E-state index < -0.39 is 26.6 Å². The molecule has 0 radical (unpaired) electrons. The van der Waals surface area contributed by atoms with Crippen LogP contribution in [0.4, 0.5) is 0 Å². The van der Waals surface area contributed by atoms with Crippen molar-refractivity contribution in [2.24, 2.45) is 0 Å². The van der Waals surface area contributed by atoms with Crippen LogP contribution in [0.2, 0.25) is 0 Å². The molecule has 0 aliphatic rings. The monoisotopic (exact) mass is 1220 g/mol. The fourth-order valence-electron chi connectivity index (χ4n) is 10.4. The summed E-state index contributed by atoms with van der Waals surface area (Å²) in [5.41, 5.74) is 0. The van der Waals surface area contributed by atoms with Crippen molar-refractivity contribution in [3.05, 3.63) is 109 Å². The first-order valence-electron chi connectivity index (χ1n) is 36.2. The molecule has 0 aromatic rings. The fourth-order valence-corrected chi connectivity index (χ4v) is 11.1. The van der Waals surface area contributed by atoms with E-state index in [2.05, 4.69) is 116 Å². The van der Waals surface area contributed by atoms with Crippen LogP contribution >= 0.6 is 7.82 Å². The zero-order valence-corrected chi connectivity index (χ0v) is 57.9. The van der Waals surface area contributed by atoms with Crippen molar-refractivity contribution in [2.75, 3.05) is 40.9 Å². The molecule has 0 heterocycles. The molecule has 3 unspecified atom stereocenters. The predicted octanol–water partition coefficient (Wildman–Crippen LogP) is 22.8. The highest BCUT2D eigenvalue weighted by Crippen LogP contribution is 2.38. The number of hydrogen-bond acceptors (Lipinski definition) is 6. The van der Waals surface area contributed by atoms with Crippen LogP contribution in [0, 0.1) is 0 Å². The zero-order valence-electron chi connectivity index (χ0n) is 57.0. The lowest BCUT2D eigenvalue weighted by molar-refractivity contribution is -0.870. The Morgan fingerprint density at radius 1 is 0.419 bits per heavy atom. The van der Waals surface area contributed by atoms with Gasteiger partial charge in [-0.25, -0.2) is 0 Å². The van der Waals surface area contributed by atoms with E-state index in [1.54, 1.807) is 6.08 Å². The molecule has 0 spiro atoms. The summed E-state index contributed by atoms with van der Waals surface area (Å²) in [5, 5.41) is 13.9. The summed E-state index contributed by atoms with van der Waals surface area (Å²) >= 11 is 0. The summed E-state index contributed by atoms with van der Waals surface area (Å²) in [5.74, 6) is -0.206. The quantitative estimate of drug-likeness (QED) is 0.0272. The van der Waals surface area contributed by atoms with E-state index in [1.165, 1.54) is 218 Å². The van der Waals surface area contributed by atoms with E-state index in [1.807, 2.05) is 27.2 Å². The molecule has 0 aliphatic heterocycles. The van der Waals surface area contributed by atoms with Gasteiger partial charge in [0.2, 0.25) is 5.91 Å². The SMILES string of the molecule is CC/C=C\C/C=C\C/C=C\C/C=C\C/C=C\C/C=C\C/C=C\CCCCCCCCCCCCCCCCCCCC(=O)NC(COP(=O)([O-])OCC[N+](C)(C)C)C(O)/C=C/CC/C=C/CCCCCCCCCCCCCCCCCCCCC. The van der Waals surface area contributed by atoms with E-state index >= 15 is 0 Å². The highest BCUT2D eigenvalue weighted by Gasteiger charge is 2.23. The van der Waals surface area contributed by atoms with Gasteiger partial charge in [0.05, 0.1) is 39.9 Å². The Morgan fingerprint density at radius 3 is 1.08 bits per heavy atom. The number of amides is 1. The van der Waals surface area contributed by atoms with Gasteiger partial charge in [-0.1, -0.05) is 335 Å². The van der Waals surface area contributed by atoms with Crippen LogP contribution in [0.1, 0.15) is 322 Å². The molecule has 0 fully saturated rings. The number of rotatable bonds is 66. The first-order chi connectivity index (χ1) is 42.0. The van der Waals surface area contributed by atoms with Crippen molar-refractivity contribution >= 4 is 13.7 Å². The van der Waals surface area contributed by atoms with Gasteiger partial charge in [0, 0.05) is 6.42 Å². The number of quaternary nitrogens is 1. The molecule has 86 heavy (non-hydrogen) atoms. The molecule has 0 aromatic carbocycles. The minimum Gasteiger partial charge on any atom is -0.756 e. The number of phosphoric ester groups is 1. The van der Waals surface area contributed by atoms with Crippen molar-refractivity contribution in [2.45, 2.75) is 334 Å². The number of aliphatic hydroxyl groups excluding tert-OH is 1. The zero-order chi connectivity index (χ0) is 62.6. The maximum absolute atomic E-state index is 13.0. The number of carbonyl (C=O) groups excluding carboxylic acids is 1. The first-order valence-corrected chi connectivity index (χ1v) is 37.7. The van der Waals surface area contributed by atoms with Crippen molar-refractivity contribution in [3.8, 4) is 0 Å². The van der Waals surface area contributed by atoms with Crippen molar-refractivity contribution < 1.29 is 32.9 Å². The summed E-state index contributed by atoms with van der Waals surface area (Å²) in [7, 11) is 1.25. The van der Waals surface area contributed by atoms with Crippen LogP contribution in [0.5, 0.6) is 0 Å². The second kappa shape index (κ2) is 66.6. The number of unbranched alkanes of at least 4 members (excludes halogenated alkanes) is 37. The summed E-state index contributed by atoms with van der Waals surface area (Å²) in [6.45, 7) is 4.54.